The van der Waals surface area contributed by atoms with Gasteiger partial charge in [-0.25, -0.2) is 8.42 Å². The topological polar surface area (TPSA) is 75.7 Å². The lowest BCUT2D eigenvalue weighted by molar-refractivity contribution is 0.0565. The van der Waals surface area contributed by atoms with Crippen molar-refractivity contribution in [2.45, 2.75) is 51.0 Å². The summed E-state index contributed by atoms with van der Waals surface area (Å²) < 4.78 is 31.5. The average molecular weight is 381 g/mol. The van der Waals surface area contributed by atoms with Crippen LogP contribution in [0.4, 0.5) is 5.69 Å². The smallest absolute Gasteiger partial charge is 0.251 e. The molecule has 1 saturated carbocycles. The molecule has 1 N–H and O–H groups in total. The van der Waals surface area contributed by atoms with Crippen molar-refractivity contribution in [3.63, 3.8) is 0 Å². The maximum absolute atomic E-state index is 12.2. The Morgan fingerprint density at radius 1 is 1.12 bits per heavy atom. The van der Waals surface area contributed by atoms with Crippen molar-refractivity contribution in [1.29, 1.82) is 0 Å². The molecule has 1 heterocycles. The van der Waals surface area contributed by atoms with Crippen LogP contribution < -0.4 is 9.62 Å². The van der Waals surface area contributed by atoms with Gasteiger partial charge in [0, 0.05) is 25.3 Å². The summed E-state index contributed by atoms with van der Waals surface area (Å²) in [4.78, 5) is 12.2. The molecule has 1 amide bonds. The molecule has 1 saturated heterocycles. The molecule has 0 unspecified atom stereocenters. The van der Waals surface area contributed by atoms with Gasteiger partial charge in [0.05, 0.1) is 17.5 Å². The molecule has 3 rings (SSSR count). The fourth-order valence-electron chi connectivity index (χ4n) is 3.54. The van der Waals surface area contributed by atoms with E-state index in [9.17, 15) is 13.2 Å². The van der Waals surface area contributed by atoms with Crippen LogP contribution >= 0.6 is 0 Å². The van der Waals surface area contributed by atoms with E-state index in [4.69, 9.17) is 4.74 Å². The molecule has 1 aromatic rings. The number of amides is 1. The van der Waals surface area contributed by atoms with E-state index >= 15 is 0 Å². The Labute approximate surface area is 156 Å². The first-order valence-electron chi connectivity index (χ1n) is 9.56. The Hall–Kier alpha value is -1.60. The molecule has 7 heteroatoms. The summed E-state index contributed by atoms with van der Waals surface area (Å²) in [6.07, 6.45) is 7.62. The van der Waals surface area contributed by atoms with Gasteiger partial charge in [-0.3, -0.25) is 9.10 Å². The molecule has 0 radical (unpaired) electrons. The van der Waals surface area contributed by atoms with E-state index in [1.807, 2.05) is 0 Å². The van der Waals surface area contributed by atoms with Crippen LogP contribution in [0.2, 0.25) is 0 Å². The number of benzene rings is 1. The van der Waals surface area contributed by atoms with Gasteiger partial charge in [-0.15, -0.1) is 0 Å². The predicted molar refractivity (Wildman–Crippen MR) is 102 cm³/mol. The molecule has 0 aromatic heterocycles. The van der Waals surface area contributed by atoms with Gasteiger partial charge in [0.25, 0.3) is 5.91 Å². The van der Waals surface area contributed by atoms with Gasteiger partial charge in [0.1, 0.15) is 0 Å². The summed E-state index contributed by atoms with van der Waals surface area (Å²) in [5, 5.41) is 2.89. The van der Waals surface area contributed by atoms with Crippen molar-refractivity contribution >= 4 is 21.6 Å². The number of nitrogens with one attached hydrogen (secondary N) is 1. The van der Waals surface area contributed by atoms with Gasteiger partial charge in [0.15, 0.2) is 0 Å². The SMILES string of the molecule is O=C(NCCCOC1CCCC1)c1ccc(N2CCCCS2(=O)=O)cc1. The van der Waals surface area contributed by atoms with E-state index in [-0.39, 0.29) is 11.7 Å². The first-order chi connectivity index (χ1) is 12.6. The zero-order chi connectivity index (χ0) is 18.4. The number of carbonyl (C=O) groups is 1. The summed E-state index contributed by atoms with van der Waals surface area (Å²) >= 11 is 0. The summed E-state index contributed by atoms with van der Waals surface area (Å²) in [7, 11) is -3.22. The molecule has 2 aliphatic rings. The molecule has 1 aromatic carbocycles. The number of hydrogen-bond acceptors (Lipinski definition) is 4. The van der Waals surface area contributed by atoms with E-state index in [1.54, 1.807) is 24.3 Å². The largest absolute Gasteiger partial charge is 0.378 e. The minimum Gasteiger partial charge on any atom is -0.378 e. The third kappa shape index (κ3) is 4.98. The first-order valence-corrected chi connectivity index (χ1v) is 11.2. The van der Waals surface area contributed by atoms with Crippen LogP contribution in [0, 0.1) is 0 Å². The number of rotatable bonds is 7. The maximum Gasteiger partial charge on any atom is 0.251 e. The van der Waals surface area contributed by atoms with E-state index in [0.29, 0.717) is 43.5 Å². The number of ether oxygens (including phenoxy) is 1. The molecule has 2 fully saturated rings. The van der Waals surface area contributed by atoms with E-state index in [0.717, 1.165) is 25.7 Å². The molecular weight excluding hydrogens is 352 g/mol. The molecule has 1 aliphatic carbocycles. The fraction of sp³-hybridized carbons (Fsp3) is 0.632. The minimum atomic E-state index is -3.22. The normalized spacial score (nSPS) is 20.2. The van der Waals surface area contributed by atoms with Crippen molar-refractivity contribution in [2.24, 2.45) is 0 Å². The minimum absolute atomic E-state index is 0.140. The number of carbonyl (C=O) groups excluding carboxylic acids is 1. The maximum atomic E-state index is 12.2. The van der Waals surface area contributed by atoms with Crippen molar-refractivity contribution in [1.82, 2.24) is 5.32 Å². The molecule has 1 aliphatic heterocycles. The molecule has 0 bridgehead atoms. The summed E-state index contributed by atoms with van der Waals surface area (Å²) in [6.45, 7) is 1.76. The Kier molecular flexibility index (Phi) is 6.53. The number of anilines is 1. The fourth-order valence-corrected chi connectivity index (χ4v) is 5.18. The average Bonchev–Trinajstić information content (AvgIpc) is 3.14. The van der Waals surface area contributed by atoms with Gasteiger partial charge in [0.2, 0.25) is 10.0 Å². The van der Waals surface area contributed by atoms with Crippen LogP contribution in [0.15, 0.2) is 24.3 Å². The highest BCUT2D eigenvalue weighted by Crippen LogP contribution is 2.24. The van der Waals surface area contributed by atoms with Gasteiger partial charge in [-0.2, -0.15) is 0 Å². The van der Waals surface area contributed by atoms with Crippen LogP contribution in [-0.4, -0.2) is 45.9 Å². The summed E-state index contributed by atoms with van der Waals surface area (Å²) in [6, 6.07) is 6.79. The molecular formula is C19H28N2O4S. The zero-order valence-electron chi connectivity index (χ0n) is 15.2. The van der Waals surface area contributed by atoms with Crippen LogP contribution in [0.5, 0.6) is 0 Å². The van der Waals surface area contributed by atoms with Crippen LogP contribution in [0.3, 0.4) is 0 Å². The Morgan fingerprint density at radius 2 is 1.85 bits per heavy atom. The predicted octanol–water partition coefficient (Wildman–Crippen LogP) is 2.70. The lowest BCUT2D eigenvalue weighted by Gasteiger charge is -2.28. The lowest BCUT2D eigenvalue weighted by atomic mass is 10.2. The van der Waals surface area contributed by atoms with Crippen LogP contribution in [0.1, 0.15) is 55.3 Å². The standard InChI is InChI=1S/C19H28N2O4S/c22-19(20-12-5-14-25-18-6-1-2-7-18)16-8-10-17(11-9-16)21-13-3-4-15-26(21,23)24/h8-11,18H,1-7,12-15H2,(H,20,22). The van der Waals surface area contributed by atoms with Gasteiger partial charge in [-0.1, -0.05) is 12.8 Å². The quantitative estimate of drug-likeness (QED) is 0.738. The monoisotopic (exact) mass is 380 g/mol. The Bertz CT molecular complexity index is 697. The highest BCUT2D eigenvalue weighted by Gasteiger charge is 2.26. The van der Waals surface area contributed by atoms with Crippen LogP contribution in [0.25, 0.3) is 0 Å². The van der Waals surface area contributed by atoms with Crippen LogP contribution in [-0.2, 0) is 14.8 Å². The number of hydrogen-bond donors (Lipinski definition) is 1. The number of nitrogens with zero attached hydrogens (tertiary/aromatic N) is 1. The second kappa shape index (κ2) is 8.86. The second-order valence-electron chi connectivity index (χ2n) is 7.03. The van der Waals surface area contributed by atoms with Gasteiger partial charge in [-0.05, 0) is 56.4 Å². The van der Waals surface area contributed by atoms with Crippen molar-refractivity contribution in [3.05, 3.63) is 29.8 Å². The molecule has 6 nitrogen and oxygen atoms in total. The molecule has 26 heavy (non-hydrogen) atoms. The highest BCUT2D eigenvalue weighted by molar-refractivity contribution is 7.92. The summed E-state index contributed by atoms with van der Waals surface area (Å²) in [5.41, 5.74) is 1.17. The van der Waals surface area contributed by atoms with E-state index in [2.05, 4.69) is 5.32 Å². The van der Waals surface area contributed by atoms with Crippen molar-refractivity contribution in [3.8, 4) is 0 Å². The zero-order valence-corrected chi connectivity index (χ0v) is 16.0. The third-order valence-corrected chi connectivity index (χ3v) is 6.90. The Balaban J connectivity index is 1.44. The van der Waals surface area contributed by atoms with Gasteiger partial charge >= 0.3 is 0 Å². The van der Waals surface area contributed by atoms with Crippen molar-refractivity contribution < 1.29 is 17.9 Å². The van der Waals surface area contributed by atoms with Crippen molar-refractivity contribution in [2.75, 3.05) is 29.8 Å². The third-order valence-electron chi connectivity index (χ3n) is 5.03. The van der Waals surface area contributed by atoms with Gasteiger partial charge < -0.3 is 10.1 Å². The molecule has 0 spiro atoms. The first kappa shape index (κ1) is 19.2. The molecule has 144 valence electrons. The summed E-state index contributed by atoms with van der Waals surface area (Å²) in [5.74, 6) is 0.0527. The lowest BCUT2D eigenvalue weighted by Crippen LogP contribution is -2.37. The highest BCUT2D eigenvalue weighted by atomic mass is 32.2. The van der Waals surface area contributed by atoms with E-state index < -0.39 is 10.0 Å². The second-order valence-corrected chi connectivity index (χ2v) is 9.04. The Morgan fingerprint density at radius 3 is 2.54 bits per heavy atom. The number of sulfonamides is 1. The van der Waals surface area contributed by atoms with E-state index in [1.165, 1.54) is 17.1 Å². The molecule has 0 atom stereocenters.